The summed E-state index contributed by atoms with van der Waals surface area (Å²) in [6.45, 7) is 22.8. The zero-order valence-corrected chi connectivity index (χ0v) is 21.4. The monoisotopic (exact) mass is 468 g/mol. The number of esters is 1. The lowest BCUT2D eigenvalue weighted by atomic mass is 10.2. The number of hydrogen-bond donors (Lipinski definition) is 1. The Morgan fingerprint density at radius 1 is 0.912 bits per heavy atom. The molecule has 1 atom stereocenters. The van der Waals surface area contributed by atoms with Gasteiger partial charge in [0.2, 0.25) is 0 Å². The van der Waals surface area contributed by atoms with Crippen LogP contribution in [0.25, 0.3) is 12.2 Å². The van der Waals surface area contributed by atoms with Gasteiger partial charge in [0.25, 0.3) is 0 Å². The highest BCUT2D eigenvalue weighted by Gasteiger charge is 2.13. The van der Waals surface area contributed by atoms with Crippen molar-refractivity contribution in [3.05, 3.63) is 85.5 Å². The molecule has 0 aliphatic rings. The number of carbonyl (C=O) groups excluding carboxylic acids is 1. The number of rotatable bonds is 8. The van der Waals surface area contributed by atoms with Crippen LogP contribution < -0.4 is 4.74 Å². The van der Waals surface area contributed by atoms with Gasteiger partial charge in [-0.25, -0.2) is 4.79 Å². The van der Waals surface area contributed by atoms with Crippen molar-refractivity contribution < 1.29 is 24.1 Å². The average molecular weight is 469 g/mol. The summed E-state index contributed by atoms with van der Waals surface area (Å²) in [5.74, 6) is 1.26. The standard InChI is InChI=1S/C14H20O2.C8H8O.C7H12O2/c1-5-13-6-8-14(9-7-13)16-12(4)15-10-11(2)3;1-2-7-3-5-8(9)6-4-7;1-5-6(8)9-7(2,3)4/h5-9,11-12H,1,10H2,2-4H3;2-6,9H,1H2;5H,1H2,2-4H3. The van der Waals surface area contributed by atoms with E-state index in [1.807, 2.05) is 70.2 Å². The van der Waals surface area contributed by atoms with E-state index in [2.05, 4.69) is 33.6 Å². The van der Waals surface area contributed by atoms with Gasteiger partial charge in [-0.1, -0.05) is 70.0 Å². The van der Waals surface area contributed by atoms with Crippen molar-refractivity contribution in [3.63, 3.8) is 0 Å². The average Bonchev–Trinajstić information content (AvgIpc) is 2.78. The molecule has 0 aliphatic carbocycles. The summed E-state index contributed by atoms with van der Waals surface area (Å²) in [4.78, 5) is 10.5. The summed E-state index contributed by atoms with van der Waals surface area (Å²) in [6, 6.07) is 14.7. The highest BCUT2D eigenvalue weighted by Crippen LogP contribution is 2.15. The van der Waals surface area contributed by atoms with Crippen LogP contribution in [0.2, 0.25) is 0 Å². The molecule has 186 valence electrons. The van der Waals surface area contributed by atoms with E-state index in [1.165, 1.54) is 0 Å². The minimum absolute atomic E-state index is 0.211. The zero-order valence-electron chi connectivity index (χ0n) is 21.4. The molecule has 2 aromatic carbocycles. The molecule has 0 aromatic heterocycles. The van der Waals surface area contributed by atoms with Gasteiger partial charge in [-0.3, -0.25) is 0 Å². The van der Waals surface area contributed by atoms with Gasteiger partial charge < -0.3 is 19.3 Å². The first-order valence-electron chi connectivity index (χ1n) is 11.2. The summed E-state index contributed by atoms with van der Waals surface area (Å²) in [6.07, 6.45) is 4.49. The van der Waals surface area contributed by atoms with Crippen LogP contribution in [0.4, 0.5) is 0 Å². The maximum atomic E-state index is 10.5. The first kappa shape index (κ1) is 30.7. The molecule has 1 N–H and O–H groups in total. The minimum Gasteiger partial charge on any atom is -0.508 e. The molecule has 5 nitrogen and oxygen atoms in total. The van der Waals surface area contributed by atoms with Crippen LogP contribution in [0.5, 0.6) is 11.5 Å². The van der Waals surface area contributed by atoms with Crippen molar-refractivity contribution in [1.82, 2.24) is 0 Å². The van der Waals surface area contributed by atoms with Gasteiger partial charge in [0, 0.05) is 6.08 Å². The Labute approximate surface area is 205 Å². The quantitative estimate of drug-likeness (QED) is 0.251. The van der Waals surface area contributed by atoms with Crippen LogP contribution in [0.15, 0.2) is 74.3 Å². The Morgan fingerprint density at radius 3 is 1.74 bits per heavy atom. The predicted molar refractivity (Wildman–Crippen MR) is 142 cm³/mol. The topological polar surface area (TPSA) is 65.0 Å². The fraction of sp³-hybridized carbons (Fsp3) is 0.345. The largest absolute Gasteiger partial charge is 0.508 e. The van der Waals surface area contributed by atoms with Crippen molar-refractivity contribution in [2.75, 3.05) is 6.61 Å². The van der Waals surface area contributed by atoms with Crippen molar-refractivity contribution >= 4 is 18.1 Å². The van der Waals surface area contributed by atoms with E-state index in [0.717, 1.165) is 23.0 Å². The van der Waals surface area contributed by atoms with Crippen LogP contribution in [-0.4, -0.2) is 29.6 Å². The molecule has 5 heteroatoms. The molecule has 0 aliphatic heterocycles. The maximum absolute atomic E-state index is 10.5. The second-order valence-corrected chi connectivity index (χ2v) is 8.72. The van der Waals surface area contributed by atoms with E-state index >= 15 is 0 Å². The van der Waals surface area contributed by atoms with Crippen LogP contribution in [-0.2, 0) is 14.3 Å². The van der Waals surface area contributed by atoms with E-state index in [9.17, 15) is 4.79 Å². The normalized spacial score (nSPS) is 11.0. The van der Waals surface area contributed by atoms with Gasteiger partial charge in [-0.2, -0.15) is 0 Å². The molecule has 0 heterocycles. The molecule has 2 rings (SSSR count). The number of ether oxygens (including phenoxy) is 3. The number of hydrogen-bond acceptors (Lipinski definition) is 5. The zero-order chi connectivity index (χ0) is 26.1. The van der Waals surface area contributed by atoms with E-state index in [1.54, 1.807) is 18.2 Å². The summed E-state index contributed by atoms with van der Waals surface area (Å²) >= 11 is 0. The number of phenols is 1. The summed E-state index contributed by atoms with van der Waals surface area (Å²) < 4.78 is 16.0. The molecule has 0 fully saturated rings. The first-order chi connectivity index (χ1) is 15.9. The molecule has 0 saturated heterocycles. The molecule has 2 aromatic rings. The third-order valence-electron chi connectivity index (χ3n) is 3.78. The number of aromatic hydroxyl groups is 1. The third kappa shape index (κ3) is 16.3. The predicted octanol–water partition coefficient (Wildman–Crippen LogP) is 7.28. The van der Waals surface area contributed by atoms with E-state index < -0.39 is 5.60 Å². The lowest BCUT2D eigenvalue weighted by Crippen LogP contribution is -2.22. The van der Waals surface area contributed by atoms with Gasteiger partial charge in [0.05, 0.1) is 6.61 Å². The summed E-state index contributed by atoms with van der Waals surface area (Å²) in [5.41, 5.74) is 1.71. The number of phenolic OH excluding ortho intramolecular Hbond substituents is 1. The molecule has 0 amide bonds. The molecule has 0 radical (unpaired) electrons. The molecule has 1 unspecified atom stereocenters. The SMILES string of the molecule is C=CC(=O)OC(C)(C)C.C=Cc1ccc(O)cc1.C=Cc1ccc(OC(C)OCC(C)C)cc1. The molecular weight excluding hydrogens is 428 g/mol. The molecule has 0 spiro atoms. The van der Waals surface area contributed by atoms with Gasteiger partial charge in [0.15, 0.2) is 6.29 Å². The Balaban J connectivity index is 0.000000518. The molecular formula is C29H40O5. The van der Waals surface area contributed by atoms with Crippen molar-refractivity contribution in [1.29, 1.82) is 0 Å². The molecule has 0 saturated carbocycles. The van der Waals surface area contributed by atoms with Crippen molar-refractivity contribution in [2.24, 2.45) is 5.92 Å². The van der Waals surface area contributed by atoms with Crippen LogP contribution in [0.3, 0.4) is 0 Å². The highest BCUT2D eigenvalue weighted by atomic mass is 16.7. The minimum atomic E-state index is -0.398. The number of carbonyl (C=O) groups is 1. The highest BCUT2D eigenvalue weighted by molar-refractivity contribution is 5.81. The third-order valence-corrected chi connectivity index (χ3v) is 3.78. The summed E-state index contributed by atoms with van der Waals surface area (Å²) in [7, 11) is 0. The van der Waals surface area contributed by atoms with Gasteiger partial charge in [-0.15, -0.1) is 0 Å². The van der Waals surface area contributed by atoms with E-state index in [-0.39, 0.29) is 12.3 Å². The van der Waals surface area contributed by atoms with Crippen molar-refractivity contribution in [3.8, 4) is 11.5 Å². The smallest absolute Gasteiger partial charge is 0.330 e. The fourth-order valence-corrected chi connectivity index (χ4v) is 2.19. The Bertz CT molecular complexity index is 859. The second kappa shape index (κ2) is 16.3. The van der Waals surface area contributed by atoms with Crippen LogP contribution in [0, 0.1) is 5.92 Å². The lowest BCUT2D eigenvalue weighted by molar-refractivity contribution is -0.148. The second-order valence-electron chi connectivity index (χ2n) is 8.72. The van der Waals surface area contributed by atoms with Crippen LogP contribution >= 0.6 is 0 Å². The van der Waals surface area contributed by atoms with Crippen LogP contribution in [0.1, 0.15) is 52.7 Å². The Morgan fingerprint density at radius 2 is 1.38 bits per heavy atom. The van der Waals surface area contributed by atoms with Gasteiger partial charge >= 0.3 is 5.97 Å². The van der Waals surface area contributed by atoms with Gasteiger partial charge in [-0.05, 0) is 69.0 Å². The molecule has 0 bridgehead atoms. The lowest BCUT2D eigenvalue weighted by Gasteiger charge is -2.17. The van der Waals surface area contributed by atoms with E-state index in [0.29, 0.717) is 18.3 Å². The molecule has 34 heavy (non-hydrogen) atoms. The Kier molecular flexibility index (Phi) is 14.7. The van der Waals surface area contributed by atoms with E-state index in [4.69, 9.17) is 19.3 Å². The fourth-order valence-electron chi connectivity index (χ4n) is 2.19. The van der Waals surface area contributed by atoms with Gasteiger partial charge in [0.1, 0.15) is 17.1 Å². The number of benzene rings is 2. The first-order valence-corrected chi connectivity index (χ1v) is 11.2. The maximum Gasteiger partial charge on any atom is 0.330 e. The Hall–Kier alpha value is -3.31. The van der Waals surface area contributed by atoms with Crippen molar-refractivity contribution in [2.45, 2.75) is 53.4 Å². The summed E-state index contributed by atoms with van der Waals surface area (Å²) in [5, 5.41) is 8.82.